The van der Waals surface area contributed by atoms with E-state index in [1.807, 2.05) is 95.7 Å². The van der Waals surface area contributed by atoms with Crippen molar-refractivity contribution in [3.05, 3.63) is 142 Å². The van der Waals surface area contributed by atoms with Gasteiger partial charge in [-0.3, -0.25) is 4.79 Å². The SMILES string of the molecule is O=c1[nH]c2ccc(Cl)cc2c(-c2ccccc2)c1C1=NNC(c2cn(-c3ccccc3)nc2-c2ccccc2)C1. The molecule has 6 nitrogen and oxygen atoms in total. The number of H-pyrrole nitrogens is 1. The maximum absolute atomic E-state index is 13.6. The Hall–Kier alpha value is -4.94. The molecule has 4 aromatic carbocycles. The van der Waals surface area contributed by atoms with E-state index in [0.717, 1.165) is 44.5 Å². The summed E-state index contributed by atoms with van der Waals surface area (Å²) < 4.78 is 1.90. The van der Waals surface area contributed by atoms with E-state index in [2.05, 4.69) is 28.7 Å². The minimum atomic E-state index is -0.182. The second-order valence-electron chi connectivity index (χ2n) is 9.78. The Bertz CT molecular complexity index is 1930. The van der Waals surface area contributed by atoms with Crippen LogP contribution in [0.1, 0.15) is 23.6 Å². The highest BCUT2D eigenvalue weighted by Crippen LogP contribution is 2.36. The van der Waals surface area contributed by atoms with Gasteiger partial charge in [-0.05, 0) is 35.9 Å². The lowest BCUT2D eigenvalue weighted by Crippen LogP contribution is -2.20. The van der Waals surface area contributed by atoms with Crippen LogP contribution in [0, 0.1) is 0 Å². The normalized spacial score (nSPS) is 14.7. The van der Waals surface area contributed by atoms with Crippen molar-refractivity contribution in [3.8, 4) is 28.1 Å². The predicted octanol–water partition coefficient (Wildman–Crippen LogP) is 7.14. The molecule has 3 heterocycles. The number of benzene rings is 4. The molecule has 1 atom stereocenters. The second-order valence-corrected chi connectivity index (χ2v) is 10.2. The number of para-hydroxylation sites is 1. The smallest absolute Gasteiger partial charge is 0.258 e. The van der Waals surface area contributed by atoms with Gasteiger partial charge >= 0.3 is 0 Å². The number of aromatic amines is 1. The zero-order chi connectivity index (χ0) is 27.1. The van der Waals surface area contributed by atoms with Crippen LogP contribution in [0.3, 0.4) is 0 Å². The number of hydrogen-bond acceptors (Lipinski definition) is 4. The number of hydrogen-bond donors (Lipinski definition) is 2. The molecular formula is C33H24ClN5O. The number of fused-ring (bicyclic) bond motifs is 1. The topological polar surface area (TPSA) is 75.1 Å². The first-order valence-electron chi connectivity index (χ1n) is 13.1. The largest absolute Gasteiger partial charge is 0.321 e. The van der Waals surface area contributed by atoms with Crippen LogP contribution in [0.4, 0.5) is 0 Å². The molecule has 0 fully saturated rings. The third-order valence-corrected chi connectivity index (χ3v) is 7.50. The summed E-state index contributed by atoms with van der Waals surface area (Å²) in [6, 6.07) is 35.5. The van der Waals surface area contributed by atoms with Crippen LogP contribution in [0.15, 0.2) is 125 Å². The van der Waals surface area contributed by atoms with Crippen molar-refractivity contribution in [2.75, 3.05) is 0 Å². The summed E-state index contributed by atoms with van der Waals surface area (Å²) in [4.78, 5) is 16.7. The molecule has 194 valence electrons. The van der Waals surface area contributed by atoms with Crippen LogP contribution >= 0.6 is 11.6 Å². The Balaban J connectivity index is 1.34. The molecule has 1 unspecified atom stereocenters. The monoisotopic (exact) mass is 541 g/mol. The van der Waals surface area contributed by atoms with Crippen molar-refractivity contribution in [3.63, 3.8) is 0 Å². The number of rotatable bonds is 5. The van der Waals surface area contributed by atoms with E-state index in [4.69, 9.17) is 21.8 Å². The fraction of sp³-hybridized carbons (Fsp3) is 0.0606. The number of hydrazone groups is 1. The molecule has 0 bridgehead atoms. The third kappa shape index (κ3) is 4.28. The molecule has 7 heteroatoms. The van der Waals surface area contributed by atoms with Crippen LogP contribution in [0.5, 0.6) is 0 Å². The molecule has 40 heavy (non-hydrogen) atoms. The van der Waals surface area contributed by atoms with Gasteiger partial charge in [-0.25, -0.2) is 4.68 Å². The first kappa shape index (κ1) is 24.1. The molecular weight excluding hydrogens is 518 g/mol. The van der Waals surface area contributed by atoms with E-state index in [-0.39, 0.29) is 11.6 Å². The molecule has 0 aliphatic carbocycles. The molecule has 1 aliphatic heterocycles. The summed E-state index contributed by atoms with van der Waals surface area (Å²) in [6.45, 7) is 0. The number of pyridine rings is 1. The van der Waals surface area contributed by atoms with Gasteiger partial charge in [-0.15, -0.1) is 0 Å². The van der Waals surface area contributed by atoms with Gasteiger partial charge in [0.15, 0.2) is 0 Å². The second kappa shape index (κ2) is 9.98. The predicted molar refractivity (Wildman–Crippen MR) is 161 cm³/mol. The van der Waals surface area contributed by atoms with Crippen LogP contribution in [-0.4, -0.2) is 20.5 Å². The lowest BCUT2D eigenvalue weighted by molar-refractivity contribution is 0.621. The molecule has 6 aromatic rings. The van der Waals surface area contributed by atoms with Gasteiger partial charge in [0.1, 0.15) is 0 Å². The van der Waals surface area contributed by atoms with Gasteiger partial charge in [0.2, 0.25) is 0 Å². The summed E-state index contributed by atoms with van der Waals surface area (Å²) in [5, 5.41) is 11.2. The number of nitrogens with zero attached hydrogens (tertiary/aromatic N) is 3. The van der Waals surface area contributed by atoms with E-state index in [1.165, 1.54) is 0 Å². The van der Waals surface area contributed by atoms with Crippen molar-refractivity contribution in [2.24, 2.45) is 5.10 Å². The molecule has 0 saturated heterocycles. The summed E-state index contributed by atoms with van der Waals surface area (Å²) in [5.41, 5.74) is 10.7. The van der Waals surface area contributed by atoms with Crippen molar-refractivity contribution < 1.29 is 0 Å². The first-order valence-corrected chi connectivity index (χ1v) is 13.5. The highest BCUT2D eigenvalue weighted by Gasteiger charge is 2.30. The van der Waals surface area contributed by atoms with Crippen LogP contribution in [0.25, 0.3) is 39.0 Å². The zero-order valence-electron chi connectivity index (χ0n) is 21.4. The van der Waals surface area contributed by atoms with Crippen molar-refractivity contribution in [1.82, 2.24) is 20.2 Å². The molecule has 2 N–H and O–H groups in total. The molecule has 1 aliphatic rings. The van der Waals surface area contributed by atoms with Crippen molar-refractivity contribution in [2.45, 2.75) is 12.5 Å². The first-order chi connectivity index (χ1) is 19.7. The molecule has 0 radical (unpaired) electrons. The van der Waals surface area contributed by atoms with Crippen LogP contribution < -0.4 is 11.0 Å². The third-order valence-electron chi connectivity index (χ3n) is 7.27. The highest BCUT2D eigenvalue weighted by atomic mass is 35.5. The van der Waals surface area contributed by atoms with Crippen LogP contribution in [-0.2, 0) is 0 Å². The van der Waals surface area contributed by atoms with Crippen molar-refractivity contribution in [1.29, 1.82) is 0 Å². The minimum Gasteiger partial charge on any atom is -0.321 e. The van der Waals surface area contributed by atoms with E-state index < -0.39 is 0 Å². The van der Waals surface area contributed by atoms with Gasteiger partial charge in [-0.1, -0.05) is 90.5 Å². The zero-order valence-corrected chi connectivity index (χ0v) is 22.1. The van der Waals surface area contributed by atoms with Gasteiger partial charge in [0.05, 0.1) is 28.7 Å². The number of halogens is 1. The highest BCUT2D eigenvalue weighted by molar-refractivity contribution is 6.31. The summed E-state index contributed by atoms with van der Waals surface area (Å²) in [7, 11) is 0. The van der Waals surface area contributed by atoms with E-state index in [1.54, 1.807) is 6.07 Å². The van der Waals surface area contributed by atoms with E-state index in [0.29, 0.717) is 22.7 Å². The molecule has 0 spiro atoms. The lowest BCUT2D eigenvalue weighted by atomic mass is 9.91. The average molecular weight is 542 g/mol. The molecule has 7 rings (SSSR count). The standard InChI is InChI=1S/C33H24ClN5O/c34-23-16-17-27-25(18-23)30(21-10-4-1-5-11-21)31(33(40)35-27)29-19-28(36-37-29)26-20-39(24-14-8-3-9-15-24)38-32(26)22-12-6-2-7-13-22/h1-18,20,28,36H,19H2,(H,35,40). The number of nitrogens with one attached hydrogen (secondary N) is 2. The Morgan fingerprint density at radius 1 is 0.800 bits per heavy atom. The maximum Gasteiger partial charge on any atom is 0.258 e. The van der Waals surface area contributed by atoms with Crippen molar-refractivity contribution >= 4 is 28.2 Å². The fourth-order valence-electron chi connectivity index (χ4n) is 5.40. The average Bonchev–Trinajstić information content (AvgIpc) is 3.66. The minimum absolute atomic E-state index is 0.166. The Morgan fingerprint density at radius 3 is 2.20 bits per heavy atom. The van der Waals surface area contributed by atoms with E-state index >= 15 is 0 Å². The fourth-order valence-corrected chi connectivity index (χ4v) is 5.57. The number of aromatic nitrogens is 3. The molecule has 0 amide bonds. The van der Waals surface area contributed by atoms with Crippen LogP contribution in [0.2, 0.25) is 5.02 Å². The molecule has 0 saturated carbocycles. The van der Waals surface area contributed by atoms with Gasteiger partial charge in [0, 0.05) is 45.2 Å². The van der Waals surface area contributed by atoms with Gasteiger partial charge in [0.25, 0.3) is 5.56 Å². The Kier molecular flexibility index (Phi) is 6.02. The van der Waals surface area contributed by atoms with E-state index in [9.17, 15) is 4.79 Å². The Labute approximate surface area is 235 Å². The summed E-state index contributed by atoms with van der Waals surface area (Å²) in [5.74, 6) is 0. The summed E-state index contributed by atoms with van der Waals surface area (Å²) >= 11 is 6.42. The van der Waals surface area contributed by atoms with Gasteiger partial charge in [-0.2, -0.15) is 10.2 Å². The molecule has 2 aromatic heterocycles. The maximum atomic E-state index is 13.6. The van der Waals surface area contributed by atoms with Gasteiger partial charge < -0.3 is 10.4 Å². The Morgan fingerprint density at radius 2 is 1.48 bits per heavy atom. The quantitative estimate of drug-likeness (QED) is 0.243. The lowest BCUT2D eigenvalue weighted by Gasteiger charge is -2.14. The summed E-state index contributed by atoms with van der Waals surface area (Å²) in [6.07, 6.45) is 2.57.